The molecule has 2 nitrogen and oxygen atoms in total. The number of allylic oxidation sites excluding steroid dienone is 2. The van der Waals surface area contributed by atoms with Gasteiger partial charge in [0.05, 0.1) is 0 Å². The van der Waals surface area contributed by atoms with Gasteiger partial charge in [-0.1, -0.05) is 72.8 Å². The van der Waals surface area contributed by atoms with E-state index in [1.807, 2.05) is 0 Å². The molecule has 0 aromatic heterocycles. The fraction of sp³-hybridized carbons (Fsp3) is 0.440. The maximum atomic E-state index is 3.81. The first-order valence-corrected chi connectivity index (χ1v) is 10.5. The molecule has 2 aliphatic carbocycles. The van der Waals surface area contributed by atoms with Crippen LogP contribution in [0.1, 0.15) is 43.5 Å². The van der Waals surface area contributed by atoms with Crippen LogP contribution in [0.4, 0.5) is 0 Å². The Kier molecular flexibility index (Phi) is 5.75. The highest BCUT2D eigenvalue weighted by Crippen LogP contribution is 2.47. The molecule has 27 heavy (non-hydrogen) atoms. The van der Waals surface area contributed by atoms with Crippen LogP contribution in [-0.2, 0) is 0 Å². The van der Waals surface area contributed by atoms with E-state index in [4.69, 9.17) is 0 Å². The molecule has 2 bridgehead atoms. The van der Waals surface area contributed by atoms with Gasteiger partial charge < -0.3 is 10.6 Å². The Labute approximate surface area is 164 Å². The van der Waals surface area contributed by atoms with Gasteiger partial charge in [0.15, 0.2) is 0 Å². The van der Waals surface area contributed by atoms with E-state index in [0.717, 1.165) is 36.8 Å². The molecule has 2 heteroatoms. The molecule has 2 aromatic rings. The molecule has 0 saturated heterocycles. The fourth-order valence-electron chi connectivity index (χ4n) is 4.98. The Morgan fingerprint density at radius 2 is 1.11 bits per heavy atom. The molecule has 2 N–H and O–H groups in total. The molecule has 4 rings (SSSR count). The molecule has 0 spiro atoms. The zero-order chi connectivity index (χ0) is 18.6. The Balaban J connectivity index is 1.35. The summed E-state index contributed by atoms with van der Waals surface area (Å²) in [5.41, 5.74) is 2.76. The van der Waals surface area contributed by atoms with Crippen LogP contribution in [0.5, 0.6) is 0 Å². The molecule has 2 aliphatic rings. The third-order valence-electron chi connectivity index (χ3n) is 6.72. The third-order valence-corrected chi connectivity index (χ3v) is 6.72. The van der Waals surface area contributed by atoms with Crippen LogP contribution in [0.15, 0.2) is 72.8 Å². The molecule has 0 heterocycles. The van der Waals surface area contributed by atoms with Gasteiger partial charge in [0.1, 0.15) is 0 Å². The van der Waals surface area contributed by atoms with E-state index in [2.05, 4.69) is 97.3 Å². The SMILES string of the molecule is CC(NC[C@H]1[C@H](CNC(C)c2ccccc2)[C@H]2C=C[C@@H]1C2)c1ccccc1. The highest BCUT2D eigenvalue weighted by molar-refractivity contribution is 5.20. The highest BCUT2D eigenvalue weighted by atomic mass is 14.9. The maximum absolute atomic E-state index is 3.81. The predicted octanol–water partition coefficient (Wildman–Crippen LogP) is 5.13. The first-order valence-electron chi connectivity index (χ1n) is 10.5. The van der Waals surface area contributed by atoms with Gasteiger partial charge in [-0.25, -0.2) is 0 Å². The van der Waals surface area contributed by atoms with E-state index in [1.54, 1.807) is 0 Å². The molecular formula is C25H32N2. The van der Waals surface area contributed by atoms with Crippen LogP contribution in [0.25, 0.3) is 0 Å². The smallest absolute Gasteiger partial charge is 0.0291 e. The van der Waals surface area contributed by atoms with Gasteiger partial charge in [-0.3, -0.25) is 0 Å². The lowest BCUT2D eigenvalue weighted by molar-refractivity contribution is 0.272. The van der Waals surface area contributed by atoms with Gasteiger partial charge >= 0.3 is 0 Å². The van der Waals surface area contributed by atoms with Crippen LogP contribution < -0.4 is 10.6 Å². The molecule has 0 aliphatic heterocycles. The van der Waals surface area contributed by atoms with Gasteiger partial charge in [-0.15, -0.1) is 0 Å². The number of hydrogen-bond acceptors (Lipinski definition) is 2. The lowest BCUT2D eigenvalue weighted by atomic mass is 9.82. The van der Waals surface area contributed by atoms with Crippen LogP contribution in [-0.4, -0.2) is 13.1 Å². The summed E-state index contributed by atoms with van der Waals surface area (Å²) in [7, 11) is 0. The quantitative estimate of drug-likeness (QED) is 0.638. The van der Waals surface area contributed by atoms with Crippen molar-refractivity contribution < 1.29 is 0 Å². The minimum absolute atomic E-state index is 0.408. The average molecular weight is 361 g/mol. The molecule has 2 aromatic carbocycles. The number of hydrogen-bond donors (Lipinski definition) is 2. The lowest BCUT2D eigenvalue weighted by Crippen LogP contribution is -2.38. The monoisotopic (exact) mass is 360 g/mol. The van der Waals surface area contributed by atoms with Crippen molar-refractivity contribution >= 4 is 0 Å². The number of benzene rings is 2. The minimum Gasteiger partial charge on any atom is -0.310 e. The molecule has 1 saturated carbocycles. The zero-order valence-corrected chi connectivity index (χ0v) is 16.5. The summed E-state index contributed by atoms with van der Waals surface area (Å²) in [5.74, 6) is 2.98. The Morgan fingerprint density at radius 3 is 1.52 bits per heavy atom. The van der Waals surface area contributed by atoms with Crippen molar-refractivity contribution in [3.05, 3.63) is 83.9 Å². The molecule has 6 atom stereocenters. The van der Waals surface area contributed by atoms with E-state index in [1.165, 1.54) is 17.5 Å². The highest BCUT2D eigenvalue weighted by Gasteiger charge is 2.43. The summed E-state index contributed by atoms with van der Waals surface area (Å²) < 4.78 is 0. The van der Waals surface area contributed by atoms with Crippen molar-refractivity contribution in [3.8, 4) is 0 Å². The van der Waals surface area contributed by atoms with Gasteiger partial charge in [0.25, 0.3) is 0 Å². The summed E-state index contributed by atoms with van der Waals surface area (Å²) >= 11 is 0. The van der Waals surface area contributed by atoms with Gasteiger partial charge in [-0.2, -0.15) is 0 Å². The van der Waals surface area contributed by atoms with E-state index in [-0.39, 0.29) is 0 Å². The molecule has 0 radical (unpaired) electrons. The van der Waals surface area contributed by atoms with E-state index >= 15 is 0 Å². The third kappa shape index (κ3) is 4.17. The first-order chi connectivity index (χ1) is 13.2. The number of nitrogens with one attached hydrogen (secondary N) is 2. The topological polar surface area (TPSA) is 24.1 Å². The van der Waals surface area contributed by atoms with Crippen LogP contribution in [0, 0.1) is 23.7 Å². The van der Waals surface area contributed by atoms with Crippen molar-refractivity contribution in [3.63, 3.8) is 0 Å². The maximum Gasteiger partial charge on any atom is 0.0291 e. The molecular weight excluding hydrogens is 328 g/mol. The summed E-state index contributed by atoms with van der Waals surface area (Å²) in [5, 5.41) is 7.63. The zero-order valence-electron chi connectivity index (χ0n) is 16.5. The van der Waals surface area contributed by atoms with E-state index < -0.39 is 0 Å². The average Bonchev–Trinajstić information content (AvgIpc) is 3.33. The summed E-state index contributed by atoms with van der Waals surface area (Å²) in [4.78, 5) is 0. The van der Waals surface area contributed by atoms with Crippen molar-refractivity contribution in [1.29, 1.82) is 0 Å². The second kappa shape index (κ2) is 8.41. The first kappa shape index (κ1) is 18.5. The second-order valence-corrected chi connectivity index (χ2v) is 8.36. The molecule has 142 valence electrons. The number of rotatable bonds is 8. The van der Waals surface area contributed by atoms with E-state index in [9.17, 15) is 0 Å². The van der Waals surface area contributed by atoms with Crippen LogP contribution in [0.2, 0.25) is 0 Å². The molecule has 1 fully saturated rings. The van der Waals surface area contributed by atoms with Crippen LogP contribution in [0.3, 0.4) is 0 Å². The Hall–Kier alpha value is -1.90. The standard InChI is InChI=1S/C25H32N2/c1-18(20-9-5-3-6-10-20)26-16-24-22-13-14-23(15-22)25(24)17-27-19(2)21-11-7-4-8-12-21/h3-14,18-19,22-27H,15-17H2,1-2H3/t18?,19?,22-,23+,24-,25-/m1/s1. The fourth-order valence-corrected chi connectivity index (χ4v) is 4.98. The van der Waals surface area contributed by atoms with Crippen LogP contribution >= 0.6 is 0 Å². The van der Waals surface area contributed by atoms with Crippen molar-refractivity contribution in [2.45, 2.75) is 32.4 Å². The normalized spacial score (nSPS) is 28.4. The Morgan fingerprint density at radius 1 is 0.704 bits per heavy atom. The predicted molar refractivity (Wildman–Crippen MR) is 113 cm³/mol. The molecule has 2 unspecified atom stereocenters. The summed E-state index contributed by atoms with van der Waals surface area (Å²) in [6.45, 7) is 6.77. The second-order valence-electron chi connectivity index (χ2n) is 8.36. The minimum atomic E-state index is 0.408. The Bertz CT molecular complexity index is 676. The molecule has 0 amide bonds. The van der Waals surface area contributed by atoms with Gasteiger partial charge in [-0.05, 0) is 68.2 Å². The summed E-state index contributed by atoms with van der Waals surface area (Å²) in [6, 6.07) is 22.4. The largest absolute Gasteiger partial charge is 0.310 e. The lowest BCUT2D eigenvalue weighted by Gasteiger charge is -2.31. The van der Waals surface area contributed by atoms with Crippen molar-refractivity contribution in [2.24, 2.45) is 23.7 Å². The van der Waals surface area contributed by atoms with Crippen molar-refractivity contribution in [2.75, 3.05) is 13.1 Å². The van der Waals surface area contributed by atoms with Gasteiger partial charge in [0, 0.05) is 12.1 Å². The summed E-state index contributed by atoms with van der Waals surface area (Å²) in [6.07, 6.45) is 6.29. The van der Waals surface area contributed by atoms with Gasteiger partial charge in [0.2, 0.25) is 0 Å². The van der Waals surface area contributed by atoms with E-state index in [0.29, 0.717) is 12.1 Å². The van der Waals surface area contributed by atoms with Crippen molar-refractivity contribution in [1.82, 2.24) is 10.6 Å². The number of fused-ring (bicyclic) bond motifs is 2.